The van der Waals surface area contributed by atoms with Crippen LogP contribution in [-0.2, 0) is 28.6 Å². The number of nitrogens with zero attached hydrogens (tertiary/aromatic N) is 2. The highest BCUT2D eigenvalue weighted by Crippen LogP contribution is 2.16. The molecule has 25 heavy (non-hydrogen) atoms. The molecule has 0 saturated carbocycles. The number of hydrogen-bond acceptors (Lipinski definition) is 8. The fourth-order valence-corrected chi connectivity index (χ4v) is 2.11. The Morgan fingerprint density at radius 2 is 1.48 bits per heavy atom. The number of ether oxygens (including phenoxy) is 3. The number of benzene rings is 1. The van der Waals surface area contributed by atoms with Crippen LogP contribution in [0.5, 0.6) is 0 Å². The van der Waals surface area contributed by atoms with Gasteiger partial charge < -0.3 is 14.2 Å². The van der Waals surface area contributed by atoms with Crippen molar-refractivity contribution in [3.8, 4) is 0 Å². The van der Waals surface area contributed by atoms with Gasteiger partial charge in [0.15, 0.2) is 12.2 Å². The second kappa shape index (κ2) is 10.2. The van der Waals surface area contributed by atoms with Gasteiger partial charge in [0, 0.05) is 20.8 Å². The van der Waals surface area contributed by atoms with Crippen LogP contribution in [0.3, 0.4) is 0 Å². The van der Waals surface area contributed by atoms with Gasteiger partial charge in [-0.1, -0.05) is 18.2 Å². The van der Waals surface area contributed by atoms with Gasteiger partial charge in [-0.25, -0.2) is 0 Å². The summed E-state index contributed by atoms with van der Waals surface area (Å²) in [6, 6.07) is 8.98. The van der Waals surface area contributed by atoms with Gasteiger partial charge in [0.2, 0.25) is 0 Å². The van der Waals surface area contributed by atoms with Gasteiger partial charge in [0.25, 0.3) is 0 Å². The Labute approximate surface area is 146 Å². The predicted octanol–water partition coefficient (Wildman–Crippen LogP) is 2.59. The van der Waals surface area contributed by atoms with E-state index in [1.165, 1.54) is 20.8 Å². The Kier molecular flexibility index (Phi) is 8.25. The standard InChI is InChI=1S/C17H22N2O6/c1-11(23-12(2)20)17(25-14(4)22)16(24-13(3)21)10-18-19-15-8-6-5-7-9-15/h5-9,11,16-17H,10H2,1-4H3. The molecule has 8 heteroatoms. The second-order valence-electron chi connectivity index (χ2n) is 5.30. The van der Waals surface area contributed by atoms with Gasteiger partial charge in [-0.05, 0) is 19.1 Å². The summed E-state index contributed by atoms with van der Waals surface area (Å²) in [5.74, 6) is -1.72. The molecular formula is C17H22N2O6. The van der Waals surface area contributed by atoms with Gasteiger partial charge in [-0.3, -0.25) is 14.4 Å². The highest BCUT2D eigenvalue weighted by molar-refractivity contribution is 5.68. The number of esters is 3. The van der Waals surface area contributed by atoms with Gasteiger partial charge in [0.1, 0.15) is 12.6 Å². The lowest BCUT2D eigenvalue weighted by molar-refractivity contribution is -0.180. The topological polar surface area (TPSA) is 104 Å². The van der Waals surface area contributed by atoms with Gasteiger partial charge in [-0.2, -0.15) is 10.2 Å². The molecule has 3 unspecified atom stereocenters. The molecule has 0 amide bonds. The van der Waals surface area contributed by atoms with Crippen molar-refractivity contribution < 1.29 is 28.6 Å². The lowest BCUT2D eigenvalue weighted by atomic mass is 10.1. The van der Waals surface area contributed by atoms with Crippen LogP contribution >= 0.6 is 0 Å². The molecule has 0 saturated heterocycles. The maximum Gasteiger partial charge on any atom is 0.303 e. The van der Waals surface area contributed by atoms with E-state index in [2.05, 4.69) is 10.2 Å². The van der Waals surface area contributed by atoms with E-state index in [-0.39, 0.29) is 6.54 Å². The zero-order valence-electron chi connectivity index (χ0n) is 14.7. The van der Waals surface area contributed by atoms with Crippen LogP contribution in [0.1, 0.15) is 27.7 Å². The average molecular weight is 350 g/mol. The molecule has 0 N–H and O–H groups in total. The Bertz CT molecular complexity index is 617. The first-order valence-corrected chi connectivity index (χ1v) is 7.73. The van der Waals surface area contributed by atoms with Gasteiger partial charge in [-0.15, -0.1) is 0 Å². The summed E-state index contributed by atoms with van der Waals surface area (Å²) in [7, 11) is 0. The lowest BCUT2D eigenvalue weighted by Crippen LogP contribution is -2.45. The van der Waals surface area contributed by atoms with E-state index >= 15 is 0 Å². The van der Waals surface area contributed by atoms with Crippen molar-refractivity contribution in [2.24, 2.45) is 10.2 Å². The zero-order chi connectivity index (χ0) is 18.8. The summed E-state index contributed by atoms with van der Waals surface area (Å²) in [4.78, 5) is 33.9. The van der Waals surface area contributed by atoms with E-state index in [4.69, 9.17) is 14.2 Å². The summed E-state index contributed by atoms with van der Waals surface area (Å²) < 4.78 is 15.4. The Balaban J connectivity index is 2.92. The Hall–Kier alpha value is -2.77. The fourth-order valence-electron chi connectivity index (χ4n) is 2.11. The maximum absolute atomic E-state index is 11.4. The molecule has 136 valence electrons. The summed E-state index contributed by atoms with van der Waals surface area (Å²) in [6.45, 7) is 5.15. The molecule has 0 bridgehead atoms. The molecule has 0 fully saturated rings. The third kappa shape index (κ3) is 8.05. The summed E-state index contributed by atoms with van der Waals surface area (Å²) in [5.41, 5.74) is 0.626. The normalized spacial score (nSPS) is 14.4. The minimum atomic E-state index is -1.000. The van der Waals surface area contributed by atoms with Crippen LogP contribution in [0.4, 0.5) is 5.69 Å². The highest BCUT2D eigenvalue weighted by Gasteiger charge is 2.34. The van der Waals surface area contributed by atoms with Crippen LogP contribution in [0.15, 0.2) is 40.6 Å². The quantitative estimate of drug-likeness (QED) is 0.405. The first-order chi connectivity index (χ1) is 11.8. The Morgan fingerprint density at radius 1 is 0.920 bits per heavy atom. The van der Waals surface area contributed by atoms with Crippen LogP contribution in [0.25, 0.3) is 0 Å². The molecular weight excluding hydrogens is 328 g/mol. The molecule has 1 rings (SSSR count). The highest BCUT2D eigenvalue weighted by atomic mass is 16.6. The summed E-state index contributed by atoms with van der Waals surface area (Å²) in [6.07, 6.45) is -2.76. The van der Waals surface area contributed by atoms with Crippen molar-refractivity contribution in [2.75, 3.05) is 6.54 Å². The number of azo groups is 1. The van der Waals surface area contributed by atoms with Crippen molar-refractivity contribution in [1.29, 1.82) is 0 Å². The van der Waals surface area contributed by atoms with Crippen molar-refractivity contribution in [3.05, 3.63) is 30.3 Å². The molecule has 8 nitrogen and oxygen atoms in total. The molecule has 1 aromatic carbocycles. The monoisotopic (exact) mass is 350 g/mol. The molecule has 3 atom stereocenters. The van der Waals surface area contributed by atoms with Crippen LogP contribution in [-0.4, -0.2) is 42.8 Å². The van der Waals surface area contributed by atoms with Crippen LogP contribution in [0.2, 0.25) is 0 Å². The van der Waals surface area contributed by atoms with Gasteiger partial charge >= 0.3 is 17.9 Å². The third-order valence-electron chi connectivity index (χ3n) is 3.00. The Morgan fingerprint density at radius 3 is 2.00 bits per heavy atom. The zero-order valence-corrected chi connectivity index (χ0v) is 14.7. The van der Waals surface area contributed by atoms with E-state index in [0.29, 0.717) is 5.69 Å². The maximum atomic E-state index is 11.4. The largest absolute Gasteiger partial charge is 0.459 e. The van der Waals surface area contributed by atoms with Crippen molar-refractivity contribution >= 4 is 23.6 Å². The molecule has 0 heterocycles. The van der Waals surface area contributed by atoms with E-state index in [1.54, 1.807) is 19.1 Å². The number of carbonyl (C=O) groups is 3. The molecule has 1 aromatic rings. The number of rotatable bonds is 8. The number of hydrogen-bond donors (Lipinski definition) is 0. The predicted molar refractivity (Wildman–Crippen MR) is 88.2 cm³/mol. The van der Waals surface area contributed by atoms with Crippen LogP contribution < -0.4 is 0 Å². The third-order valence-corrected chi connectivity index (χ3v) is 3.00. The van der Waals surface area contributed by atoms with Crippen molar-refractivity contribution in [1.82, 2.24) is 0 Å². The minimum Gasteiger partial charge on any atom is -0.459 e. The van der Waals surface area contributed by atoms with Crippen molar-refractivity contribution in [3.63, 3.8) is 0 Å². The lowest BCUT2D eigenvalue weighted by Gasteiger charge is -2.29. The van der Waals surface area contributed by atoms with Crippen molar-refractivity contribution in [2.45, 2.75) is 46.0 Å². The first kappa shape index (κ1) is 20.3. The average Bonchev–Trinajstić information content (AvgIpc) is 2.51. The number of carbonyl (C=O) groups excluding carboxylic acids is 3. The smallest absolute Gasteiger partial charge is 0.303 e. The molecule has 0 spiro atoms. The molecule has 0 aliphatic carbocycles. The summed E-state index contributed by atoms with van der Waals surface area (Å²) in [5, 5.41) is 8.02. The van der Waals surface area contributed by atoms with E-state index < -0.39 is 36.2 Å². The van der Waals surface area contributed by atoms with E-state index in [9.17, 15) is 14.4 Å². The second-order valence-corrected chi connectivity index (χ2v) is 5.30. The fraction of sp³-hybridized carbons (Fsp3) is 0.471. The van der Waals surface area contributed by atoms with E-state index in [1.807, 2.05) is 18.2 Å². The minimum absolute atomic E-state index is 0.0575. The molecule has 0 aliphatic heterocycles. The van der Waals surface area contributed by atoms with Gasteiger partial charge in [0.05, 0.1) is 5.69 Å². The molecule has 0 aliphatic rings. The SMILES string of the molecule is CC(=O)OC(C)C(OC(C)=O)C(CN=Nc1ccccc1)OC(C)=O. The molecule has 0 aromatic heterocycles. The summed E-state index contributed by atoms with van der Waals surface area (Å²) >= 11 is 0. The molecule has 0 radical (unpaired) electrons. The first-order valence-electron chi connectivity index (χ1n) is 7.73. The van der Waals surface area contributed by atoms with Crippen LogP contribution in [0, 0.1) is 0 Å². The van der Waals surface area contributed by atoms with E-state index in [0.717, 1.165) is 0 Å².